The number of rotatable bonds is 1. The van der Waals surface area contributed by atoms with Crippen molar-refractivity contribution >= 4 is 33.7 Å². The summed E-state index contributed by atoms with van der Waals surface area (Å²) in [6, 6.07) is 1.65. The highest BCUT2D eigenvalue weighted by Gasteiger charge is 2.28. The van der Waals surface area contributed by atoms with E-state index in [1.54, 1.807) is 23.9 Å². The molecule has 0 radical (unpaired) electrons. The van der Waals surface area contributed by atoms with Crippen molar-refractivity contribution in [1.29, 1.82) is 0 Å². The average molecular weight is 300 g/mol. The molecule has 0 spiro atoms. The number of amides is 3. The summed E-state index contributed by atoms with van der Waals surface area (Å²) in [5.41, 5.74) is 0.430. The minimum atomic E-state index is -0.456. The fraction of sp³-hybridized carbons (Fsp3) is 0.300. The third kappa shape index (κ3) is 2.38. The van der Waals surface area contributed by atoms with Gasteiger partial charge in [0.25, 0.3) is 5.91 Å². The van der Waals surface area contributed by atoms with Gasteiger partial charge in [-0.05, 0) is 22.0 Å². The number of hydrogen-bond donors (Lipinski definition) is 1. The molecule has 1 aromatic heterocycles. The number of halogens is 1. The van der Waals surface area contributed by atoms with Crippen molar-refractivity contribution in [2.24, 2.45) is 7.05 Å². The molecule has 1 aliphatic heterocycles. The van der Waals surface area contributed by atoms with Gasteiger partial charge in [0.1, 0.15) is 18.8 Å². The number of piperazine rings is 1. The van der Waals surface area contributed by atoms with Gasteiger partial charge in [0.2, 0.25) is 11.8 Å². The van der Waals surface area contributed by atoms with Crippen LogP contribution in [0.15, 0.2) is 16.7 Å². The second-order valence-corrected chi connectivity index (χ2v) is 4.70. The van der Waals surface area contributed by atoms with Crippen molar-refractivity contribution in [2.45, 2.75) is 0 Å². The van der Waals surface area contributed by atoms with Gasteiger partial charge in [-0.1, -0.05) is 0 Å². The summed E-state index contributed by atoms with van der Waals surface area (Å²) in [4.78, 5) is 35.6. The molecule has 3 amide bonds. The van der Waals surface area contributed by atoms with Crippen LogP contribution in [0.5, 0.6) is 0 Å². The lowest BCUT2D eigenvalue weighted by Crippen LogP contribution is -2.53. The second-order valence-electron chi connectivity index (χ2n) is 3.79. The van der Waals surface area contributed by atoms with Crippen LogP contribution in [0.2, 0.25) is 0 Å². The van der Waals surface area contributed by atoms with Gasteiger partial charge >= 0.3 is 0 Å². The summed E-state index contributed by atoms with van der Waals surface area (Å²) in [5, 5.41) is 2.15. The van der Waals surface area contributed by atoms with E-state index in [-0.39, 0.29) is 19.0 Å². The molecule has 0 aliphatic carbocycles. The Hall–Kier alpha value is -1.63. The Morgan fingerprint density at radius 3 is 2.41 bits per heavy atom. The van der Waals surface area contributed by atoms with Gasteiger partial charge in [0, 0.05) is 17.7 Å². The van der Waals surface area contributed by atoms with Gasteiger partial charge < -0.3 is 9.47 Å². The fourth-order valence-electron chi connectivity index (χ4n) is 1.68. The zero-order valence-electron chi connectivity index (χ0n) is 9.07. The fourth-order valence-corrected chi connectivity index (χ4v) is 2.20. The lowest BCUT2D eigenvalue weighted by Gasteiger charge is -2.25. The van der Waals surface area contributed by atoms with Gasteiger partial charge in [-0.15, -0.1) is 0 Å². The summed E-state index contributed by atoms with van der Waals surface area (Å²) in [7, 11) is 1.73. The van der Waals surface area contributed by atoms with Gasteiger partial charge in [0.15, 0.2) is 0 Å². The minimum Gasteiger partial charge on any atom is -0.345 e. The van der Waals surface area contributed by atoms with Crippen molar-refractivity contribution in [3.8, 4) is 0 Å². The summed E-state index contributed by atoms with van der Waals surface area (Å²) in [6.45, 7) is -0.180. The Labute approximate surface area is 106 Å². The van der Waals surface area contributed by atoms with Crippen LogP contribution in [0.4, 0.5) is 0 Å². The van der Waals surface area contributed by atoms with Crippen LogP contribution in [0.25, 0.3) is 0 Å². The molecular formula is C10H10BrN3O3. The maximum absolute atomic E-state index is 12.1. The first-order chi connectivity index (χ1) is 7.97. The molecule has 1 fully saturated rings. The summed E-state index contributed by atoms with van der Waals surface area (Å²) in [5.74, 6) is -1.24. The third-order valence-corrected chi connectivity index (χ3v) is 2.86. The largest absolute Gasteiger partial charge is 0.345 e. The van der Waals surface area contributed by atoms with E-state index in [0.29, 0.717) is 5.69 Å². The Bertz CT molecular complexity index is 493. The van der Waals surface area contributed by atoms with Crippen LogP contribution in [0.3, 0.4) is 0 Å². The molecule has 0 saturated carbocycles. The molecule has 1 aliphatic rings. The molecule has 1 N–H and O–H groups in total. The monoisotopic (exact) mass is 299 g/mol. The molecular weight excluding hydrogens is 290 g/mol. The Morgan fingerprint density at radius 2 is 1.94 bits per heavy atom. The van der Waals surface area contributed by atoms with Crippen molar-refractivity contribution in [3.63, 3.8) is 0 Å². The van der Waals surface area contributed by atoms with Crippen molar-refractivity contribution in [1.82, 2.24) is 14.8 Å². The van der Waals surface area contributed by atoms with Crippen LogP contribution in [0, 0.1) is 0 Å². The minimum absolute atomic E-state index is 0.0899. The number of hydrogen-bond acceptors (Lipinski definition) is 3. The highest BCUT2D eigenvalue weighted by atomic mass is 79.9. The molecule has 0 bridgehead atoms. The standard InChI is InChI=1S/C10H10BrN3O3/c1-13-3-6(11)2-7(13)10(17)14-4-8(15)12-9(16)5-14/h2-3H,4-5H2,1H3,(H,12,15,16). The molecule has 6 nitrogen and oxygen atoms in total. The molecule has 0 atom stereocenters. The Kier molecular flexibility index (Phi) is 3.01. The lowest BCUT2D eigenvalue weighted by atomic mass is 10.3. The van der Waals surface area contributed by atoms with E-state index < -0.39 is 11.8 Å². The maximum atomic E-state index is 12.1. The highest BCUT2D eigenvalue weighted by Crippen LogP contribution is 2.15. The Morgan fingerprint density at radius 1 is 1.35 bits per heavy atom. The van der Waals surface area contributed by atoms with Crippen molar-refractivity contribution in [3.05, 3.63) is 22.4 Å². The predicted molar refractivity (Wildman–Crippen MR) is 62.2 cm³/mol. The molecule has 0 aromatic carbocycles. The van der Waals surface area contributed by atoms with E-state index in [0.717, 1.165) is 4.47 Å². The quantitative estimate of drug-likeness (QED) is 0.735. The molecule has 90 valence electrons. The summed E-state index contributed by atoms with van der Waals surface area (Å²) in [6.07, 6.45) is 1.74. The van der Waals surface area contributed by atoms with Crippen LogP contribution < -0.4 is 5.32 Å². The van der Waals surface area contributed by atoms with E-state index in [4.69, 9.17) is 0 Å². The molecule has 2 rings (SSSR count). The first-order valence-electron chi connectivity index (χ1n) is 4.91. The zero-order valence-corrected chi connectivity index (χ0v) is 10.7. The van der Waals surface area contributed by atoms with Crippen molar-refractivity contribution in [2.75, 3.05) is 13.1 Å². The van der Waals surface area contributed by atoms with Gasteiger partial charge in [-0.3, -0.25) is 19.7 Å². The number of imide groups is 1. The first kappa shape index (κ1) is 11.8. The van der Waals surface area contributed by atoms with E-state index >= 15 is 0 Å². The lowest BCUT2D eigenvalue weighted by molar-refractivity contribution is -0.135. The SMILES string of the molecule is Cn1cc(Br)cc1C(=O)N1CC(=O)NC(=O)C1. The summed E-state index contributed by atoms with van der Waals surface area (Å²) < 4.78 is 2.42. The maximum Gasteiger partial charge on any atom is 0.271 e. The number of nitrogens with zero attached hydrogens (tertiary/aromatic N) is 2. The third-order valence-electron chi connectivity index (χ3n) is 2.43. The normalized spacial score (nSPS) is 16.0. The van der Waals surface area contributed by atoms with Gasteiger partial charge in [-0.25, -0.2) is 0 Å². The van der Waals surface area contributed by atoms with E-state index in [9.17, 15) is 14.4 Å². The number of aryl methyl sites for hydroxylation is 1. The van der Waals surface area contributed by atoms with Gasteiger partial charge in [-0.2, -0.15) is 0 Å². The zero-order chi connectivity index (χ0) is 12.6. The smallest absolute Gasteiger partial charge is 0.271 e. The topological polar surface area (TPSA) is 71.4 Å². The van der Waals surface area contributed by atoms with E-state index in [1.807, 2.05) is 0 Å². The molecule has 2 heterocycles. The summed E-state index contributed by atoms with van der Waals surface area (Å²) >= 11 is 3.26. The van der Waals surface area contributed by atoms with E-state index in [1.165, 1.54) is 4.90 Å². The first-order valence-corrected chi connectivity index (χ1v) is 5.70. The van der Waals surface area contributed by atoms with Crippen molar-refractivity contribution < 1.29 is 14.4 Å². The van der Waals surface area contributed by atoms with Crippen LogP contribution in [-0.2, 0) is 16.6 Å². The van der Waals surface area contributed by atoms with Crippen LogP contribution >= 0.6 is 15.9 Å². The van der Waals surface area contributed by atoms with Gasteiger partial charge in [0.05, 0.1) is 0 Å². The molecule has 0 unspecified atom stereocenters. The molecule has 1 aromatic rings. The number of carbonyl (C=O) groups excluding carboxylic acids is 3. The molecule has 7 heteroatoms. The number of carbonyl (C=O) groups is 3. The second kappa shape index (κ2) is 4.33. The number of nitrogens with one attached hydrogen (secondary N) is 1. The predicted octanol–water partition coefficient (Wildman–Crippen LogP) is -0.114. The highest BCUT2D eigenvalue weighted by molar-refractivity contribution is 9.10. The van der Waals surface area contributed by atoms with Crippen LogP contribution in [0.1, 0.15) is 10.5 Å². The molecule has 17 heavy (non-hydrogen) atoms. The van der Waals surface area contributed by atoms with Crippen LogP contribution in [-0.4, -0.2) is 40.3 Å². The number of aromatic nitrogens is 1. The average Bonchev–Trinajstić information content (AvgIpc) is 2.55. The Balaban J connectivity index is 2.23. The molecule has 1 saturated heterocycles. The van der Waals surface area contributed by atoms with E-state index in [2.05, 4.69) is 21.2 Å².